The smallest absolute Gasteiger partial charge is 0.332 e. The molecule has 0 spiro atoms. The van der Waals surface area contributed by atoms with Gasteiger partial charge in [-0.2, -0.15) is 0 Å². The van der Waals surface area contributed by atoms with E-state index in [1.165, 1.54) is 9.30 Å². The summed E-state index contributed by atoms with van der Waals surface area (Å²) in [7, 11) is 1.61. The zero-order chi connectivity index (χ0) is 19.7. The van der Waals surface area contributed by atoms with Gasteiger partial charge < -0.3 is 9.80 Å². The Hall–Kier alpha value is -3.42. The van der Waals surface area contributed by atoms with Crippen LogP contribution in [0.4, 0.5) is 5.69 Å². The second-order valence-electron chi connectivity index (χ2n) is 6.86. The van der Waals surface area contributed by atoms with E-state index < -0.39 is 6.04 Å². The quantitative estimate of drug-likeness (QED) is 0.681. The van der Waals surface area contributed by atoms with Gasteiger partial charge in [0.05, 0.1) is 0 Å². The van der Waals surface area contributed by atoms with Gasteiger partial charge in [-0.1, -0.05) is 24.3 Å². The molecular weight excluding hydrogens is 358 g/mol. The highest BCUT2D eigenvalue weighted by molar-refractivity contribution is 5.99. The lowest BCUT2D eigenvalue weighted by molar-refractivity contribution is -0.139. The van der Waals surface area contributed by atoms with Crippen LogP contribution < -0.4 is 10.6 Å². The first-order valence-corrected chi connectivity index (χ1v) is 9.22. The SMILES string of the molecule is CN(C(=O)Cn1nc2ccccn2c1=O)C1CCCN(c2ccccc2)C1=O. The van der Waals surface area contributed by atoms with Crippen LogP contribution in [-0.2, 0) is 16.1 Å². The average molecular weight is 379 g/mol. The van der Waals surface area contributed by atoms with E-state index in [0.29, 0.717) is 18.6 Å². The number of nitrogens with zero attached hydrogens (tertiary/aromatic N) is 5. The number of aromatic nitrogens is 3. The van der Waals surface area contributed by atoms with Crippen molar-refractivity contribution in [1.29, 1.82) is 0 Å². The van der Waals surface area contributed by atoms with Crippen LogP contribution in [0.25, 0.3) is 5.65 Å². The minimum absolute atomic E-state index is 0.101. The number of carbonyl (C=O) groups excluding carboxylic acids is 2. The molecule has 0 aliphatic carbocycles. The van der Waals surface area contributed by atoms with Crippen LogP contribution in [0, 0.1) is 0 Å². The van der Waals surface area contributed by atoms with Gasteiger partial charge in [0.15, 0.2) is 5.65 Å². The molecule has 8 nitrogen and oxygen atoms in total. The van der Waals surface area contributed by atoms with E-state index in [-0.39, 0.29) is 24.0 Å². The summed E-state index contributed by atoms with van der Waals surface area (Å²) in [6.07, 6.45) is 3.01. The van der Waals surface area contributed by atoms with Crippen LogP contribution >= 0.6 is 0 Å². The van der Waals surface area contributed by atoms with Crippen molar-refractivity contribution in [3.8, 4) is 0 Å². The zero-order valence-electron chi connectivity index (χ0n) is 15.6. The Kier molecular flexibility index (Phi) is 4.68. The van der Waals surface area contributed by atoms with E-state index in [9.17, 15) is 14.4 Å². The Morgan fingerprint density at radius 3 is 2.64 bits per heavy atom. The Bertz CT molecular complexity index is 1070. The van der Waals surface area contributed by atoms with Crippen molar-refractivity contribution in [3.05, 3.63) is 65.2 Å². The summed E-state index contributed by atoms with van der Waals surface area (Å²) >= 11 is 0. The van der Waals surface area contributed by atoms with Gasteiger partial charge in [-0.3, -0.25) is 14.0 Å². The molecule has 0 N–H and O–H groups in total. The fourth-order valence-electron chi connectivity index (χ4n) is 3.56. The highest BCUT2D eigenvalue weighted by atomic mass is 16.2. The lowest BCUT2D eigenvalue weighted by Crippen LogP contribution is -2.53. The van der Waals surface area contributed by atoms with Gasteiger partial charge >= 0.3 is 5.69 Å². The largest absolute Gasteiger partial charge is 0.350 e. The van der Waals surface area contributed by atoms with Crippen LogP contribution in [0.5, 0.6) is 0 Å². The van der Waals surface area contributed by atoms with Crippen molar-refractivity contribution < 1.29 is 9.59 Å². The molecule has 8 heteroatoms. The molecule has 1 unspecified atom stereocenters. The molecule has 1 aliphatic heterocycles. The third-order valence-electron chi connectivity index (χ3n) is 5.11. The first-order valence-electron chi connectivity index (χ1n) is 9.22. The molecule has 2 amide bonds. The number of likely N-dealkylation sites (N-methyl/N-ethyl adjacent to an activating group) is 1. The fraction of sp³-hybridized carbons (Fsp3) is 0.300. The molecule has 1 aromatic carbocycles. The van der Waals surface area contributed by atoms with Crippen LogP contribution in [0.15, 0.2) is 59.5 Å². The molecule has 1 fully saturated rings. The van der Waals surface area contributed by atoms with Crippen LogP contribution in [0.2, 0.25) is 0 Å². The van der Waals surface area contributed by atoms with Crippen LogP contribution in [0.3, 0.4) is 0 Å². The third-order valence-corrected chi connectivity index (χ3v) is 5.11. The number of benzene rings is 1. The molecule has 1 aliphatic rings. The number of rotatable bonds is 4. The monoisotopic (exact) mass is 379 g/mol. The highest BCUT2D eigenvalue weighted by Crippen LogP contribution is 2.23. The van der Waals surface area contributed by atoms with Crippen LogP contribution in [0.1, 0.15) is 12.8 Å². The summed E-state index contributed by atoms with van der Waals surface area (Å²) in [5.41, 5.74) is 0.930. The summed E-state index contributed by atoms with van der Waals surface area (Å²) < 4.78 is 2.52. The molecule has 3 heterocycles. The molecule has 1 saturated heterocycles. The van der Waals surface area contributed by atoms with Gasteiger partial charge in [-0.05, 0) is 37.1 Å². The Balaban J connectivity index is 1.52. The summed E-state index contributed by atoms with van der Waals surface area (Å²) in [4.78, 5) is 41.3. The van der Waals surface area contributed by atoms with Gasteiger partial charge in [0.25, 0.3) is 0 Å². The fourth-order valence-corrected chi connectivity index (χ4v) is 3.56. The second-order valence-corrected chi connectivity index (χ2v) is 6.86. The first-order chi connectivity index (χ1) is 13.6. The number of para-hydroxylation sites is 1. The van der Waals surface area contributed by atoms with Crippen molar-refractivity contribution in [2.24, 2.45) is 0 Å². The molecule has 1 atom stereocenters. The van der Waals surface area contributed by atoms with Crippen molar-refractivity contribution in [2.45, 2.75) is 25.4 Å². The van der Waals surface area contributed by atoms with E-state index in [0.717, 1.165) is 16.8 Å². The van der Waals surface area contributed by atoms with Gasteiger partial charge in [-0.15, -0.1) is 5.10 Å². The van der Waals surface area contributed by atoms with Crippen molar-refractivity contribution in [3.63, 3.8) is 0 Å². The molecule has 0 bridgehead atoms. The van der Waals surface area contributed by atoms with Crippen LogP contribution in [-0.4, -0.2) is 50.5 Å². The minimum atomic E-state index is -0.547. The summed E-state index contributed by atoms with van der Waals surface area (Å²) in [6.45, 7) is 0.430. The van der Waals surface area contributed by atoms with Crippen molar-refractivity contribution in [1.82, 2.24) is 19.1 Å². The standard InChI is InChI=1S/C20H21N5O3/c1-22(16-10-7-13-23(19(16)27)15-8-3-2-4-9-15)18(26)14-25-20(28)24-12-6-5-11-17(24)21-25/h2-6,8-9,11-12,16H,7,10,13-14H2,1H3. The van der Waals surface area contributed by atoms with E-state index in [4.69, 9.17) is 0 Å². The molecular formula is C20H21N5O3. The average Bonchev–Trinajstić information content (AvgIpc) is 3.04. The van der Waals surface area contributed by atoms with Gasteiger partial charge in [0.2, 0.25) is 11.8 Å². The highest BCUT2D eigenvalue weighted by Gasteiger charge is 2.34. The van der Waals surface area contributed by atoms with E-state index in [1.807, 2.05) is 30.3 Å². The Labute approximate surface area is 161 Å². The number of hydrogen-bond donors (Lipinski definition) is 0. The predicted molar refractivity (Wildman–Crippen MR) is 104 cm³/mol. The van der Waals surface area contributed by atoms with Gasteiger partial charge in [0, 0.05) is 25.5 Å². The van der Waals surface area contributed by atoms with Crippen molar-refractivity contribution in [2.75, 3.05) is 18.5 Å². The summed E-state index contributed by atoms with van der Waals surface area (Å²) in [6, 6.07) is 14.1. The van der Waals surface area contributed by atoms with Crippen molar-refractivity contribution >= 4 is 23.1 Å². The lowest BCUT2D eigenvalue weighted by atomic mass is 10.0. The Morgan fingerprint density at radius 2 is 1.89 bits per heavy atom. The third kappa shape index (κ3) is 3.17. The summed E-state index contributed by atoms with van der Waals surface area (Å²) in [5, 5.41) is 4.19. The number of fused-ring (bicyclic) bond motifs is 1. The molecule has 3 aromatic rings. The topological polar surface area (TPSA) is 79.9 Å². The molecule has 28 heavy (non-hydrogen) atoms. The first kappa shape index (κ1) is 18.0. The normalized spacial score (nSPS) is 17.1. The molecule has 2 aromatic heterocycles. The second kappa shape index (κ2) is 7.30. The Morgan fingerprint density at radius 1 is 1.14 bits per heavy atom. The van der Waals surface area contributed by atoms with E-state index in [1.54, 1.807) is 36.3 Å². The summed E-state index contributed by atoms with van der Waals surface area (Å²) in [5.74, 6) is -0.422. The molecule has 0 radical (unpaired) electrons. The number of carbonyl (C=O) groups is 2. The maximum atomic E-state index is 13.0. The predicted octanol–water partition coefficient (Wildman–Crippen LogP) is 1.15. The van der Waals surface area contributed by atoms with E-state index in [2.05, 4.69) is 5.10 Å². The lowest BCUT2D eigenvalue weighted by Gasteiger charge is -2.36. The molecule has 144 valence electrons. The minimum Gasteiger partial charge on any atom is -0.332 e. The number of amides is 2. The zero-order valence-corrected chi connectivity index (χ0v) is 15.6. The maximum Gasteiger partial charge on any atom is 0.350 e. The number of piperidine rings is 1. The number of hydrogen-bond acceptors (Lipinski definition) is 4. The molecule has 4 rings (SSSR count). The molecule has 0 saturated carbocycles. The van der Waals surface area contributed by atoms with Gasteiger partial charge in [-0.25, -0.2) is 9.48 Å². The maximum absolute atomic E-state index is 13.0. The van der Waals surface area contributed by atoms with Gasteiger partial charge in [0.1, 0.15) is 12.6 Å². The number of anilines is 1. The number of pyridine rings is 1. The van der Waals surface area contributed by atoms with E-state index >= 15 is 0 Å².